The second-order valence-electron chi connectivity index (χ2n) is 4.62. The molecule has 0 spiro atoms. The van der Waals surface area contributed by atoms with Gasteiger partial charge in [-0.25, -0.2) is 9.78 Å². The molecule has 5 nitrogen and oxygen atoms in total. The molecule has 1 aliphatic rings. The molecule has 0 aromatic carbocycles. The molecule has 3 heterocycles. The van der Waals surface area contributed by atoms with Crippen molar-refractivity contribution in [2.24, 2.45) is 0 Å². The third kappa shape index (κ3) is 2.34. The van der Waals surface area contributed by atoms with Gasteiger partial charge in [-0.05, 0) is 6.07 Å². The average Bonchev–Trinajstić information content (AvgIpc) is 3.05. The third-order valence-corrected chi connectivity index (χ3v) is 3.56. The number of aromatic nitrogens is 2. The van der Waals surface area contributed by atoms with Crippen LogP contribution in [0.1, 0.15) is 27.7 Å². The molecule has 22 heavy (non-hydrogen) atoms. The van der Waals surface area contributed by atoms with E-state index in [9.17, 15) is 18.0 Å². The van der Waals surface area contributed by atoms with Gasteiger partial charge in [0.15, 0.2) is 11.3 Å². The fourth-order valence-electron chi connectivity index (χ4n) is 2.24. The van der Waals surface area contributed by atoms with Gasteiger partial charge >= 0.3 is 12.1 Å². The van der Waals surface area contributed by atoms with Crippen molar-refractivity contribution in [1.29, 1.82) is 0 Å². The summed E-state index contributed by atoms with van der Waals surface area (Å²) in [6, 6.07) is 0.893. The van der Waals surface area contributed by atoms with Gasteiger partial charge in [-0.15, -0.1) is 0 Å². The van der Waals surface area contributed by atoms with E-state index >= 15 is 0 Å². The molecular formula is C13H8ClF3N2O3. The molecule has 0 saturated carbocycles. The molecule has 0 radical (unpaired) electrons. The lowest BCUT2D eigenvalue weighted by Gasteiger charge is -2.14. The van der Waals surface area contributed by atoms with Crippen LogP contribution in [0.4, 0.5) is 13.2 Å². The standard InChI is InChI=1S/C13H8ClF3N2O3/c14-10-9(12(20)21)18-11-7(13(15,16)17)4-6(5-19(10)11)8-2-1-3-22-8/h1-2,4-5,8H,3H2,(H,20,21). The molecule has 1 N–H and O–H groups in total. The lowest BCUT2D eigenvalue weighted by molar-refractivity contribution is -0.136. The summed E-state index contributed by atoms with van der Waals surface area (Å²) in [4.78, 5) is 14.5. The smallest absolute Gasteiger partial charge is 0.419 e. The highest BCUT2D eigenvalue weighted by molar-refractivity contribution is 6.32. The summed E-state index contributed by atoms with van der Waals surface area (Å²) in [5, 5.41) is 8.57. The Kier molecular flexibility index (Phi) is 3.37. The van der Waals surface area contributed by atoms with E-state index in [1.54, 1.807) is 12.2 Å². The first kappa shape index (κ1) is 14.9. The van der Waals surface area contributed by atoms with E-state index in [2.05, 4.69) is 4.98 Å². The number of carboxylic acids is 1. The zero-order valence-corrected chi connectivity index (χ0v) is 11.5. The van der Waals surface area contributed by atoms with Crippen molar-refractivity contribution in [3.8, 4) is 0 Å². The van der Waals surface area contributed by atoms with Crippen LogP contribution in [0, 0.1) is 0 Å². The van der Waals surface area contributed by atoms with Crippen molar-refractivity contribution >= 4 is 23.2 Å². The minimum absolute atomic E-state index is 0.213. The van der Waals surface area contributed by atoms with E-state index in [0.717, 1.165) is 10.5 Å². The molecular weight excluding hydrogens is 325 g/mol. The first-order valence-corrected chi connectivity index (χ1v) is 6.47. The number of aromatic carboxylic acids is 1. The summed E-state index contributed by atoms with van der Waals surface area (Å²) in [6.45, 7) is 0.294. The van der Waals surface area contributed by atoms with Gasteiger partial charge in [-0.2, -0.15) is 13.2 Å². The number of hydrogen-bond acceptors (Lipinski definition) is 3. The number of nitrogens with zero attached hydrogens (tertiary/aromatic N) is 2. The molecule has 2 aromatic rings. The van der Waals surface area contributed by atoms with Crippen LogP contribution >= 0.6 is 11.6 Å². The summed E-state index contributed by atoms with van der Waals surface area (Å²) in [7, 11) is 0. The van der Waals surface area contributed by atoms with Crippen LogP contribution in [-0.4, -0.2) is 27.1 Å². The van der Waals surface area contributed by atoms with Crippen LogP contribution in [0.5, 0.6) is 0 Å². The number of carboxylic acid groups (broad SMARTS) is 1. The zero-order chi connectivity index (χ0) is 16.1. The van der Waals surface area contributed by atoms with Gasteiger partial charge < -0.3 is 9.84 Å². The SMILES string of the molecule is O=C(O)c1nc2c(C(F)(F)F)cc(C3C=CCO3)cn2c1Cl. The molecule has 0 aliphatic carbocycles. The van der Waals surface area contributed by atoms with E-state index in [1.807, 2.05) is 0 Å². The lowest BCUT2D eigenvalue weighted by atomic mass is 10.1. The molecule has 3 rings (SSSR count). The Hall–Kier alpha value is -2.06. The molecule has 0 amide bonds. The average molecular weight is 333 g/mol. The molecule has 1 atom stereocenters. The predicted octanol–water partition coefficient (Wildman–Crippen LogP) is 3.33. The van der Waals surface area contributed by atoms with E-state index in [1.165, 1.54) is 6.20 Å². The predicted molar refractivity (Wildman–Crippen MR) is 70.0 cm³/mol. The lowest BCUT2D eigenvalue weighted by Crippen LogP contribution is -2.10. The Labute approximate surface area is 126 Å². The number of ether oxygens (including phenoxy) is 1. The van der Waals surface area contributed by atoms with E-state index in [4.69, 9.17) is 21.4 Å². The van der Waals surface area contributed by atoms with Crippen molar-refractivity contribution in [3.05, 3.63) is 46.4 Å². The normalized spacial score (nSPS) is 18.3. The monoisotopic (exact) mass is 332 g/mol. The maximum absolute atomic E-state index is 13.2. The molecule has 1 unspecified atom stereocenters. The van der Waals surface area contributed by atoms with Crippen LogP contribution in [0.2, 0.25) is 5.15 Å². The fourth-order valence-corrected chi connectivity index (χ4v) is 2.49. The second kappa shape index (κ2) is 4.99. The quantitative estimate of drug-likeness (QED) is 0.857. The molecule has 0 bridgehead atoms. The fraction of sp³-hybridized carbons (Fsp3) is 0.231. The van der Waals surface area contributed by atoms with Crippen LogP contribution < -0.4 is 0 Å². The third-order valence-electron chi connectivity index (χ3n) is 3.20. The highest BCUT2D eigenvalue weighted by Gasteiger charge is 2.36. The van der Waals surface area contributed by atoms with Crippen LogP contribution in [0.15, 0.2) is 24.4 Å². The largest absolute Gasteiger partial charge is 0.476 e. The maximum Gasteiger partial charge on any atom is 0.419 e. The highest BCUT2D eigenvalue weighted by atomic mass is 35.5. The Morgan fingerprint density at radius 1 is 1.50 bits per heavy atom. The summed E-state index contributed by atoms with van der Waals surface area (Å²) in [5.74, 6) is -1.50. The number of carbonyl (C=O) groups is 1. The Balaban J connectivity index is 2.31. The van der Waals surface area contributed by atoms with Gasteiger partial charge in [0.05, 0.1) is 12.2 Å². The second-order valence-corrected chi connectivity index (χ2v) is 4.97. The van der Waals surface area contributed by atoms with Gasteiger partial charge in [-0.3, -0.25) is 4.40 Å². The van der Waals surface area contributed by atoms with Crippen LogP contribution in [-0.2, 0) is 10.9 Å². The van der Waals surface area contributed by atoms with E-state index in [0.29, 0.717) is 6.61 Å². The summed E-state index contributed by atoms with van der Waals surface area (Å²) < 4.78 is 45.9. The van der Waals surface area contributed by atoms with Gasteiger partial charge in [0.25, 0.3) is 0 Å². The first-order valence-electron chi connectivity index (χ1n) is 6.09. The Bertz CT molecular complexity index is 798. The molecule has 0 fully saturated rings. The van der Waals surface area contributed by atoms with Gasteiger partial charge in [-0.1, -0.05) is 23.8 Å². The van der Waals surface area contributed by atoms with Crippen molar-refractivity contribution < 1.29 is 27.8 Å². The Morgan fingerprint density at radius 3 is 2.77 bits per heavy atom. The molecule has 9 heteroatoms. The zero-order valence-electron chi connectivity index (χ0n) is 10.8. The van der Waals surface area contributed by atoms with Crippen molar-refractivity contribution in [3.63, 3.8) is 0 Å². The minimum atomic E-state index is -4.70. The van der Waals surface area contributed by atoms with Crippen LogP contribution in [0.25, 0.3) is 5.65 Å². The summed E-state index contributed by atoms with van der Waals surface area (Å²) in [6.07, 6.45) is -0.751. The number of rotatable bonds is 2. The van der Waals surface area contributed by atoms with Gasteiger partial charge in [0.1, 0.15) is 11.3 Å². The number of fused-ring (bicyclic) bond motifs is 1. The first-order chi connectivity index (χ1) is 10.3. The van der Waals surface area contributed by atoms with Crippen molar-refractivity contribution in [1.82, 2.24) is 9.38 Å². The molecule has 116 valence electrons. The maximum atomic E-state index is 13.2. The number of alkyl halides is 3. The Morgan fingerprint density at radius 2 is 2.23 bits per heavy atom. The number of halogens is 4. The molecule has 1 aliphatic heterocycles. The highest BCUT2D eigenvalue weighted by Crippen LogP contribution is 2.37. The van der Waals surface area contributed by atoms with Crippen LogP contribution in [0.3, 0.4) is 0 Å². The van der Waals surface area contributed by atoms with Gasteiger partial charge in [0, 0.05) is 11.8 Å². The van der Waals surface area contributed by atoms with E-state index < -0.39 is 40.3 Å². The number of imidazole rings is 1. The van der Waals surface area contributed by atoms with Crippen molar-refractivity contribution in [2.75, 3.05) is 6.61 Å². The summed E-state index contributed by atoms with van der Waals surface area (Å²) >= 11 is 5.85. The minimum Gasteiger partial charge on any atom is -0.476 e. The number of hydrogen-bond donors (Lipinski definition) is 1. The molecule has 0 saturated heterocycles. The van der Waals surface area contributed by atoms with Gasteiger partial charge in [0.2, 0.25) is 0 Å². The van der Waals surface area contributed by atoms with Crippen molar-refractivity contribution in [2.45, 2.75) is 12.3 Å². The summed E-state index contributed by atoms with van der Waals surface area (Å²) in [5.41, 5.74) is -2.04. The van der Waals surface area contributed by atoms with E-state index in [-0.39, 0.29) is 5.56 Å². The topological polar surface area (TPSA) is 63.8 Å². The number of pyridine rings is 1. The molecule has 2 aromatic heterocycles.